The fourth-order valence-electron chi connectivity index (χ4n) is 3.79. The van der Waals surface area contributed by atoms with Crippen molar-refractivity contribution in [2.24, 2.45) is 0 Å². The maximum absolute atomic E-state index is 13.2. The van der Waals surface area contributed by atoms with Crippen LogP contribution in [0.15, 0.2) is 83.6 Å². The summed E-state index contributed by atoms with van der Waals surface area (Å²) in [6.07, 6.45) is 1.85. The van der Waals surface area contributed by atoms with Crippen molar-refractivity contribution >= 4 is 29.2 Å². The largest absolute Gasteiger partial charge is 0.480 e. The number of benzene rings is 2. The number of carbonyl (C=O) groups excluding carboxylic acids is 2. The maximum Gasteiger partial charge on any atom is 0.326 e. The van der Waals surface area contributed by atoms with Gasteiger partial charge in [-0.25, -0.2) is 4.79 Å². The third kappa shape index (κ3) is 4.64. The van der Waals surface area contributed by atoms with Gasteiger partial charge in [-0.05, 0) is 49.2 Å². The zero-order valence-electron chi connectivity index (χ0n) is 17.8. The summed E-state index contributed by atoms with van der Waals surface area (Å²) in [5, 5.41) is 16.0. The molecule has 0 saturated heterocycles. The number of aliphatic carboxylic acids is 1. The Labute approximate surface area is 190 Å². The van der Waals surface area contributed by atoms with E-state index in [1.54, 1.807) is 30.5 Å². The van der Waals surface area contributed by atoms with E-state index in [4.69, 9.17) is 4.42 Å². The Kier molecular flexibility index (Phi) is 6.26. The molecule has 33 heavy (non-hydrogen) atoms. The van der Waals surface area contributed by atoms with Crippen molar-refractivity contribution in [3.8, 4) is 0 Å². The van der Waals surface area contributed by atoms with Crippen LogP contribution < -0.4 is 10.6 Å². The third-order valence-electron chi connectivity index (χ3n) is 5.39. The zero-order chi connectivity index (χ0) is 23.4. The zero-order valence-corrected chi connectivity index (χ0v) is 17.8. The molecule has 2 aromatic carbocycles. The number of hydrogen-bond donors (Lipinski definition) is 3. The molecule has 0 saturated carbocycles. The Morgan fingerprint density at radius 1 is 1.03 bits per heavy atom. The van der Waals surface area contributed by atoms with Crippen LogP contribution in [-0.2, 0) is 11.3 Å². The number of nitrogens with zero attached hydrogens (tertiary/aromatic N) is 1. The number of carboxylic acids is 1. The summed E-state index contributed by atoms with van der Waals surface area (Å²) in [5.41, 5.74) is 2.20. The van der Waals surface area contributed by atoms with Gasteiger partial charge in [0, 0.05) is 17.1 Å². The number of allylic oxidation sites excluding steroid dienone is 1. The smallest absolute Gasteiger partial charge is 0.326 e. The first-order valence-electron chi connectivity index (χ1n) is 10.5. The summed E-state index contributed by atoms with van der Waals surface area (Å²) < 4.78 is 5.29. The SMILES string of the molecule is C=C(CCC(C(=O)O)N1C(=O)c2cccc(NCc3ccco3)c2C1=O)Nc1ccccc1. The van der Waals surface area contributed by atoms with E-state index in [2.05, 4.69) is 17.2 Å². The lowest BCUT2D eigenvalue weighted by Gasteiger charge is -2.23. The van der Waals surface area contributed by atoms with E-state index in [0.29, 0.717) is 23.7 Å². The van der Waals surface area contributed by atoms with Gasteiger partial charge in [-0.1, -0.05) is 30.8 Å². The van der Waals surface area contributed by atoms with Crippen LogP contribution in [-0.4, -0.2) is 33.8 Å². The second-order valence-electron chi connectivity index (χ2n) is 7.63. The van der Waals surface area contributed by atoms with Gasteiger partial charge in [0.05, 0.1) is 23.9 Å². The number of nitrogens with one attached hydrogen (secondary N) is 2. The summed E-state index contributed by atoms with van der Waals surface area (Å²) in [6.45, 7) is 4.25. The van der Waals surface area contributed by atoms with Gasteiger partial charge in [0.1, 0.15) is 11.8 Å². The molecule has 0 aliphatic carbocycles. The quantitative estimate of drug-likeness (QED) is 0.398. The molecule has 1 aliphatic heterocycles. The van der Waals surface area contributed by atoms with E-state index in [0.717, 1.165) is 10.6 Å². The normalized spacial score (nSPS) is 13.5. The van der Waals surface area contributed by atoms with Crippen molar-refractivity contribution in [3.05, 3.63) is 96.1 Å². The first kappa shape index (κ1) is 21.9. The summed E-state index contributed by atoms with van der Waals surface area (Å²) in [5.74, 6) is -1.84. The molecule has 0 bridgehead atoms. The number of fused-ring (bicyclic) bond motifs is 1. The second-order valence-corrected chi connectivity index (χ2v) is 7.63. The summed E-state index contributed by atoms with van der Waals surface area (Å²) >= 11 is 0. The molecule has 0 fully saturated rings. The Morgan fingerprint density at radius 2 is 1.82 bits per heavy atom. The van der Waals surface area contributed by atoms with Crippen molar-refractivity contribution < 1.29 is 23.9 Å². The number of imide groups is 1. The van der Waals surface area contributed by atoms with Gasteiger partial charge in [-0.2, -0.15) is 0 Å². The molecule has 168 valence electrons. The minimum Gasteiger partial charge on any atom is -0.480 e. The second kappa shape index (κ2) is 9.44. The van der Waals surface area contributed by atoms with Gasteiger partial charge in [-0.3, -0.25) is 14.5 Å². The van der Waals surface area contributed by atoms with Crippen molar-refractivity contribution in [1.29, 1.82) is 0 Å². The number of anilines is 2. The van der Waals surface area contributed by atoms with Crippen LogP contribution >= 0.6 is 0 Å². The molecule has 0 spiro atoms. The van der Waals surface area contributed by atoms with Crippen LogP contribution in [0, 0.1) is 0 Å². The predicted molar refractivity (Wildman–Crippen MR) is 123 cm³/mol. The summed E-state index contributed by atoms with van der Waals surface area (Å²) in [4.78, 5) is 39.1. The Hall–Kier alpha value is -4.33. The van der Waals surface area contributed by atoms with Crippen LogP contribution in [0.2, 0.25) is 0 Å². The van der Waals surface area contributed by atoms with E-state index >= 15 is 0 Å². The highest BCUT2D eigenvalue weighted by Crippen LogP contribution is 2.32. The molecule has 1 aromatic heterocycles. The molecular formula is C25H23N3O5. The lowest BCUT2D eigenvalue weighted by atomic mass is 10.1. The number of amides is 2. The fourth-order valence-corrected chi connectivity index (χ4v) is 3.79. The third-order valence-corrected chi connectivity index (χ3v) is 5.39. The number of rotatable bonds is 10. The fraction of sp³-hybridized carbons (Fsp3) is 0.160. The number of para-hydroxylation sites is 1. The molecule has 4 rings (SSSR count). The maximum atomic E-state index is 13.2. The van der Waals surface area contributed by atoms with Gasteiger partial charge in [0.15, 0.2) is 0 Å². The van der Waals surface area contributed by atoms with Gasteiger partial charge in [-0.15, -0.1) is 0 Å². The molecule has 1 unspecified atom stereocenters. The molecular weight excluding hydrogens is 422 g/mol. The number of hydrogen-bond acceptors (Lipinski definition) is 6. The average Bonchev–Trinajstić information content (AvgIpc) is 3.41. The van der Waals surface area contributed by atoms with Crippen LogP contribution in [0.25, 0.3) is 0 Å². The van der Waals surface area contributed by atoms with Gasteiger partial charge in [0.2, 0.25) is 0 Å². The first-order chi connectivity index (χ1) is 16.0. The van der Waals surface area contributed by atoms with Crippen molar-refractivity contribution in [2.45, 2.75) is 25.4 Å². The van der Waals surface area contributed by atoms with E-state index in [1.165, 1.54) is 6.07 Å². The highest BCUT2D eigenvalue weighted by molar-refractivity contribution is 6.24. The minimum atomic E-state index is -1.32. The van der Waals surface area contributed by atoms with E-state index in [1.807, 2.05) is 30.3 Å². The average molecular weight is 445 g/mol. The molecule has 2 amide bonds. The van der Waals surface area contributed by atoms with Crippen molar-refractivity contribution in [3.63, 3.8) is 0 Å². The molecule has 3 N–H and O–H groups in total. The van der Waals surface area contributed by atoms with Crippen molar-refractivity contribution in [1.82, 2.24) is 4.90 Å². The van der Waals surface area contributed by atoms with Crippen LogP contribution in [0.5, 0.6) is 0 Å². The Bertz CT molecular complexity index is 1190. The predicted octanol–water partition coefficient (Wildman–Crippen LogP) is 4.35. The monoisotopic (exact) mass is 445 g/mol. The van der Waals surface area contributed by atoms with E-state index in [9.17, 15) is 19.5 Å². The van der Waals surface area contributed by atoms with Gasteiger partial charge >= 0.3 is 5.97 Å². The lowest BCUT2D eigenvalue weighted by Crippen LogP contribution is -2.45. The molecule has 8 nitrogen and oxygen atoms in total. The summed E-state index contributed by atoms with van der Waals surface area (Å²) in [6, 6.07) is 16.4. The summed E-state index contributed by atoms with van der Waals surface area (Å²) in [7, 11) is 0. The van der Waals surface area contributed by atoms with Crippen molar-refractivity contribution in [2.75, 3.05) is 10.6 Å². The topological polar surface area (TPSA) is 112 Å². The molecule has 1 atom stereocenters. The highest BCUT2D eigenvalue weighted by Gasteiger charge is 2.44. The van der Waals surface area contributed by atoms with Gasteiger partial charge < -0.3 is 20.2 Å². The lowest BCUT2D eigenvalue weighted by molar-refractivity contribution is -0.141. The highest BCUT2D eigenvalue weighted by atomic mass is 16.4. The number of carbonyl (C=O) groups is 3. The molecule has 3 aromatic rings. The first-order valence-corrected chi connectivity index (χ1v) is 10.5. The van der Waals surface area contributed by atoms with E-state index in [-0.39, 0.29) is 24.0 Å². The molecule has 2 heterocycles. The molecule has 1 aliphatic rings. The molecule has 8 heteroatoms. The van der Waals surface area contributed by atoms with Crippen LogP contribution in [0.1, 0.15) is 39.3 Å². The number of carboxylic acid groups (broad SMARTS) is 1. The number of furan rings is 1. The van der Waals surface area contributed by atoms with Crippen LogP contribution in [0.3, 0.4) is 0 Å². The minimum absolute atomic E-state index is 0.0363. The standard InChI is InChI=1S/C25H23N3O5/c1-16(27-17-7-3-2-4-8-17)12-13-21(25(31)32)28-23(29)19-10-5-11-20(22(19)24(28)30)26-15-18-9-6-14-33-18/h2-11,14,21,26-27H,1,12-13,15H2,(H,31,32). The molecule has 0 radical (unpaired) electrons. The Balaban J connectivity index is 1.49. The van der Waals surface area contributed by atoms with Gasteiger partial charge in [0.25, 0.3) is 11.8 Å². The Morgan fingerprint density at radius 3 is 2.52 bits per heavy atom. The van der Waals surface area contributed by atoms with E-state index < -0.39 is 23.8 Å². The van der Waals surface area contributed by atoms with Crippen LogP contribution in [0.4, 0.5) is 11.4 Å².